The standard InChI is InChI=1S/C14H20ClN3O2/c1-17-5-6-18(2)11(9-17)8-16-14(20)10-3-4-13(19)12(15)7-10/h3-4,7,11,19H,5-6,8-9H2,1-2H3,(H,16,20). The Hall–Kier alpha value is -1.30. The molecule has 1 atom stereocenters. The van der Waals surface area contributed by atoms with E-state index in [0.29, 0.717) is 18.2 Å². The molecule has 5 nitrogen and oxygen atoms in total. The lowest BCUT2D eigenvalue weighted by Crippen LogP contribution is -2.54. The lowest BCUT2D eigenvalue weighted by atomic mass is 10.1. The van der Waals surface area contributed by atoms with Gasteiger partial charge in [0.25, 0.3) is 5.91 Å². The number of halogens is 1. The summed E-state index contributed by atoms with van der Waals surface area (Å²) < 4.78 is 0. The lowest BCUT2D eigenvalue weighted by Gasteiger charge is -2.37. The first kappa shape index (κ1) is 15.1. The minimum atomic E-state index is -0.173. The molecule has 110 valence electrons. The van der Waals surface area contributed by atoms with E-state index in [4.69, 9.17) is 11.6 Å². The second-order valence-electron chi connectivity index (χ2n) is 5.27. The zero-order chi connectivity index (χ0) is 14.7. The summed E-state index contributed by atoms with van der Waals surface area (Å²) in [5.41, 5.74) is 0.458. The molecule has 1 heterocycles. The number of likely N-dealkylation sites (N-methyl/N-ethyl adjacent to an activating group) is 2. The number of carbonyl (C=O) groups excluding carboxylic acids is 1. The van der Waals surface area contributed by atoms with E-state index in [1.807, 2.05) is 0 Å². The molecule has 1 unspecified atom stereocenters. The molecule has 0 aromatic heterocycles. The van der Waals surface area contributed by atoms with Crippen LogP contribution in [-0.2, 0) is 0 Å². The summed E-state index contributed by atoms with van der Waals surface area (Å²) in [6, 6.07) is 4.78. The van der Waals surface area contributed by atoms with Crippen molar-refractivity contribution in [2.24, 2.45) is 0 Å². The third-order valence-corrected chi connectivity index (χ3v) is 3.99. The molecule has 0 spiro atoms. The topological polar surface area (TPSA) is 55.8 Å². The number of rotatable bonds is 3. The molecule has 0 bridgehead atoms. The van der Waals surface area contributed by atoms with E-state index in [9.17, 15) is 9.90 Å². The number of phenols is 1. The molecule has 1 saturated heterocycles. The summed E-state index contributed by atoms with van der Waals surface area (Å²) in [5.74, 6) is -0.189. The smallest absolute Gasteiger partial charge is 0.251 e. The maximum absolute atomic E-state index is 12.1. The Morgan fingerprint density at radius 1 is 1.45 bits per heavy atom. The normalized spacial score (nSPS) is 20.9. The van der Waals surface area contributed by atoms with E-state index in [1.165, 1.54) is 12.1 Å². The van der Waals surface area contributed by atoms with Gasteiger partial charge in [-0.1, -0.05) is 11.6 Å². The molecule has 1 amide bonds. The summed E-state index contributed by atoms with van der Waals surface area (Å²) in [5, 5.41) is 12.5. The zero-order valence-electron chi connectivity index (χ0n) is 11.8. The highest BCUT2D eigenvalue weighted by molar-refractivity contribution is 6.32. The van der Waals surface area contributed by atoms with Crippen LogP contribution in [0, 0.1) is 0 Å². The van der Waals surface area contributed by atoms with E-state index in [1.54, 1.807) is 6.07 Å². The fraction of sp³-hybridized carbons (Fsp3) is 0.500. The second kappa shape index (κ2) is 6.43. The minimum absolute atomic E-state index is 0.0168. The van der Waals surface area contributed by atoms with Crippen LogP contribution in [0.1, 0.15) is 10.4 Å². The Kier molecular flexibility index (Phi) is 4.86. The van der Waals surface area contributed by atoms with Gasteiger partial charge in [0.2, 0.25) is 0 Å². The van der Waals surface area contributed by atoms with Gasteiger partial charge in [0.15, 0.2) is 0 Å². The van der Waals surface area contributed by atoms with Crippen LogP contribution in [0.3, 0.4) is 0 Å². The highest BCUT2D eigenvalue weighted by Crippen LogP contribution is 2.23. The molecule has 2 N–H and O–H groups in total. The fourth-order valence-corrected chi connectivity index (χ4v) is 2.46. The molecular formula is C14H20ClN3O2. The van der Waals surface area contributed by atoms with Gasteiger partial charge in [-0.2, -0.15) is 0 Å². The van der Waals surface area contributed by atoms with E-state index in [2.05, 4.69) is 29.2 Å². The van der Waals surface area contributed by atoms with Gasteiger partial charge in [-0.15, -0.1) is 0 Å². The van der Waals surface area contributed by atoms with Gasteiger partial charge in [0.1, 0.15) is 5.75 Å². The van der Waals surface area contributed by atoms with E-state index in [-0.39, 0.29) is 16.7 Å². The number of hydrogen-bond donors (Lipinski definition) is 2. The Bertz CT molecular complexity index is 495. The van der Waals surface area contributed by atoms with Crippen molar-refractivity contribution in [2.45, 2.75) is 6.04 Å². The first-order valence-corrected chi connectivity index (χ1v) is 7.00. The number of phenolic OH excluding ortho intramolecular Hbond substituents is 1. The molecule has 6 heteroatoms. The van der Waals surface area contributed by atoms with E-state index in [0.717, 1.165) is 19.6 Å². The van der Waals surface area contributed by atoms with Crippen LogP contribution >= 0.6 is 11.6 Å². The van der Waals surface area contributed by atoms with Crippen molar-refractivity contribution in [1.29, 1.82) is 0 Å². The zero-order valence-corrected chi connectivity index (χ0v) is 12.5. The van der Waals surface area contributed by atoms with Crippen molar-refractivity contribution in [3.8, 4) is 5.75 Å². The molecule has 1 aliphatic rings. The summed E-state index contributed by atoms with van der Waals surface area (Å²) in [6.07, 6.45) is 0. The summed E-state index contributed by atoms with van der Waals surface area (Å²) in [6.45, 7) is 3.59. The maximum atomic E-state index is 12.1. The summed E-state index contributed by atoms with van der Waals surface area (Å²) in [4.78, 5) is 16.6. The van der Waals surface area contributed by atoms with Crippen LogP contribution in [0.2, 0.25) is 5.02 Å². The van der Waals surface area contributed by atoms with E-state index >= 15 is 0 Å². The largest absolute Gasteiger partial charge is 0.506 e. The molecule has 0 radical (unpaired) electrons. The van der Waals surface area contributed by atoms with E-state index < -0.39 is 0 Å². The number of nitrogens with zero attached hydrogens (tertiary/aromatic N) is 2. The number of benzene rings is 1. The number of aromatic hydroxyl groups is 1. The molecule has 1 aromatic rings. The average molecular weight is 298 g/mol. The molecular weight excluding hydrogens is 278 g/mol. The van der Waals surface area contributed by atoms with Gasteiger partial charge in [-0.05, 0) is 32.3 Å². The van der Waals surface area contributed by atoms with Crippen LogP contribution in [0.15, 0.2) is 18.2 Å². The predicted octanol–water partition coefficient (Wildman–Crippen LogP) is 1.02. The molecule has 1 aromatic carbocycles. The number of piperazine rings is 1. The average Bonchev–Trinajstić information content (AvgIpc) is 2.42. The van der Waals surface area contributed by atoms with Crippen molar-refractivity contribution in [3.05, 3.63) is 28.8 Å². The molecule has 1 fully saturated rings. The van der Waals surface area contributed by atoms with Crippen LogP contribution in [0.25, 0.3) is 0 Å². The third-order valence-electron chi connectivity index (χ3n) is 3.69. The number of hydrogen-bond acceptors (Lipinski definition) is 4. The van der Waals surface area contributed by atoms with Crippen molar-refractivity contribution < 1.29 is 9.90 Å². The number of carbonyl (C=O) groups is 1. The summed E-state index contributed by atoms with van der Waals surface area (Å²) >= 11 is 5.80. The third kappa shape index (κ3) is 3.62. The Morgan fingerprint density at radius 3 is 2.90 bits per heavy atom. The molecule has 1 aliphatic heterocycles. The van der Waals surface area contributed by atoms with Gasteiger partial charge >= 0.3 is 0 Å². The lowest BCUT2D eigenvalue weighted by molar-refractivity contribution is 0.0881. The first-order valence-electron chi connectivity index (χ1n) is 6.63. The Morgan fingerprint density at radius 2 is 2.20 bits per heavy atom. The minimum Gasteiger partial charge on any atom is -0.506 e. The van der Waals surface area contributed by atoms with Crippen molar-refractivity contribution >= 4 is 17.5 Å². The van der Waals surface area contributed by atoms with Gasteiger partial charge in [0.05, 0.1) is 5.02 Å². The van der Waals surface area contributed by atoms with Crippen LogP contribution in [0.4, 0.5) is 0 Å². The molecule has 0 aliphatic carbocycles. The summed E-state index contributed by atoms with van der Waals surface area (Å²) in [7, 11) is 4.16. The van der Waals surface area contributed by atoms with Gasteiger partial charge in [0, 0.05) is 37.8 Å². The highest BCUT2D eigenvalue weighted by Gasteiger charge is 2.22. The predicted molar refractivity (Wildman–Crippen MR) is 79.4 cm³/mol. The molecule has 20 heavy (non-hydrogen) atoms. The molecule has 2 rings (SSSR count). The number of nitrogens with one attached hydrogen (secondary N) is 1. The quantitative estimate of drug-likeness (QED) is 0.875. The Labute approximate surface area is 124 Å². The van der Waals surface area contributed by atoms with Crippen molar-refractivity contribution in [3.63, 3.8) is 0 Å². The van der Waals surface area contributed by atoms with Crippen molar-refractivity contribution in [2.75, 3.05) is 40.3 Å². The van der Waals surface area contributed by atoms with Gasteiger partial charge in [-0.3, -0.25) is 9.69 Å². The highest BCUT2D eigenvalue weighted by atomic mass is 35.5. The maximum Gasteiger partial charge on any atom is 0.251 e. The monoisotopic (exact) mass is 297 g/mol. The first-order chi connectivity index (χ1) is 9.47. The molecule has 0 saturated carbocycles. The van der Waals surface area contributed by atoms with Gasteiger partial charge < -0.3 is 15.3 Å². The fourth-order valence-electron chi connectivity index (χ4n) is 2.28. The van der Waals surface area contributed by atoms with Crippen LogP contribution in [-0.4, -0.2) is 67.1 Å². The van der Waals surface area contributed by atoms with Crippen molar-refractivity contribution in [1.82, 2.24) is 15.1 Å². The SMILES string of the molecule is CN1CCN(C)C(CNC(=O)c2ccc(O)c(Cl)c2)C1. The number of amides is 1. The second-order valence-corrected chi connectivity index (χ2v) is 5.68. The van der Waals surface area contributed by atoms with Crippen LogP contribution in [0.5, 0.6) is 5.75 Å². The van der Waals surface area contributed by atoms with Crippen LogP contribution < -0.4 is 5.32 Å². The van der Waals surface area contributed by atoms with Gasteiger partial charge in [-0.25, -0.2) is 0 Å². The Balaban J connectivity index is 1.92.